The fourth-order valence-electron chi connectivity index (χ4n) is 3.57. The Morgan fingerprint density at radius 2 is 2.00 bits per heavy atom. The maximum Gasteiger partial charge on any atom is 0.0543 e. The molecule has 0 heterocycles. The number of aliphatic hydroxyl groups is 1. The molecule has 0 bridgehead atoms. The third-order valence-corrected chi connectivity index (χ3v) is 4.26. The highest BCUT2D eigenvalue weighted by molar-refractivity contribution is 5.06. The molecule has 4 atom stereocenters. The standard InChI is InChI=1S/C15H27NO/c1-11-5-12(2)7-14(6-11)10-16-9-13-3-4-15(17)8-13/h5,11,13-17H,3-4,6-10H2,1-2H3. The second-order valence-electron chi connectivity index (χ2n) is 6.29. The van der Waals surface area contributed by atoms with Crippen LogP contribution in [0.1, 0.15) is 46.0 Å². The van der Waals surface area contributed by atoms with Gasteiger partial charge in [-0.05, 0) is 69.9 Å². The summed E-state index contributed by atoms with van der Waals surface area (Å²) in [5.74, 6) is 2.29. The second-order valence-corrected chi connectivity index (χ2v) is 6.29. The quantitative estimate of drug-likeness (QED) is 0.737. The third-order valence-electron chi connectivity index (χ3n) is 4.26. The van der Waals surface area contributed by atoms with E-state index in [0.717, 1.165) is 37.8 Å². The topological polar surface area (TPSA) is 32.3 Å². The molecule has 0 saturated heterocycles. The Kier molecular flexibility index (Phi) is 4.63. The lowest BCUT2D eigenvalue weighted by atomic mass is 9.83. The van der Waals surface area contributed by atoms with Crippen LogP contribution in [0.15, 0.2) is 11.6 Å². The zero-order valence-corrected chi connectivity index (χ0v) is 11.3. The largest absolute Gasteiger partial charge is 0.393 e. The Bertz CT molecular complexity index is 274. The number of aliphatic hydroxyl groups excluding tert-OH is 1. The summed E-state index contributed by atoms with van der Waals surface area (Å²) in [6, 6.07) is 0. The Morgan fingerprint density at radius 1 is 1.24 bits per heavy atom. The summed E-state index contributed by atoms with van der Waals surface area (Å²) in [5, 5.41) is 13.1. The van der Waals surface area contributed by atoms with Gasteiger partial charge in [-0.3, -0.25) is 0 Å². The predicted octanol–water partition coefficient (Wildman–Crippen LogP) is 2.73. The van der Waals surface area contributed by atoms with Crippen molar-refractivity contribution in [1.82, 2.24) is 5.32 Å². The fraction of sp³-hybridized carbons (Fsp3) is 0.867. The van der Waals surface area contributed by atoms with E-state index < -0.39 is 0 Å². The molecule has 0 radical (unpaired) electrons. The lowest BCUT2D eigenvalue weighted by Crippen LogP contribution is -2.29. The summed E-state index contributed by atoms with van der Waals surface area (Å²) in [6.45, 7) is 6.84. The van der Waals surface area contributed by atoms with Gasteiger partial charge < -0.3 is 10.4 Å². The van der Waals surface area contributed by atoms with E-state index in [0.29, 0.717) is 5.92 Å². The van der Waals surface area contributed by atoms with E-state index in [1.807, 2.05) is 0 Å². The second kappa shape index (κ2) is 6.01. The number of allylic oxidation sites excluding steroid dienone is 2. The maximum atomic E-state index is 9.48. The average Bonchev–Trinajstić information content (AvgIpc) is 2.63. The lowest BCUT2D eigenvalue weighted by molar-refractivity contribution is 0.177. The average molecular weight is 237 g/mol. The van der Waals surface area contributed by atoms with Crippen LogP contribution < -0.4 is 5.32 Å². The van der Waals surface area contributed by atoms with Crippen LogP contribution in [0.5, 0.6) is 0 Å². The van der Waals surface area contributed by atoms with E-state index in [9.17, 15) is 5.11 Å². The first kappa shape index (κ1) is 13.1. The smallest absolute Gasteiger partial charge is 0.0543 e. The summed E-state index contributed by atoms with van der Waals surface area (Å²) < 4.78 is 0. The van der Waals surface area contributed by atoms with Crippen LogP contribution in [0.2, 0.25) is 0 Å². The van der Waals surface area contributed by atoms with Crippen LogP contribution in [0.3, 0.4) is 0 Å². The highest BCUT2D eigenvalue weighted by Gasteiger charge is 2.23. The number of hydrogen-bond donors (Lipinski definition) is 2. The number of nitrogens with one attached hydrogen (secondary N) is 1. The van der Waals surface area contributed by atoms with Gasteiger partial charge in [0.2, 0.25) is 0 Å². The van der Waals surface area contributed by atoms with Gasteiger partial charge in [0.25, 0.3) is 0 Å². The molecule has 0 aromatic rings. The van der Waals surface area contributed by atoms with Gasteiger partial charge in [-0.25, -0.2) is 0 Å². The molecule has 0 aliphatic heterocycles. The van der Waals surface area contributed by atoms with Crippen molar-refractivity contribution < 1.29 is 5.11 Å². The van der Waals surface area contributed by atoms with Crippen LogP contribution in [0, 0.1) is 17.8 Å². The third kappa shape index (κ3) is 4.11. The normalized spacial score (nSPS) is 38.2. The van der Waals surface area contributed by atoms with Crippen molar-refractivity contribution in [2.24, 2.45) is 17.8 Å². The van der Waals surface area contributed by atoms with Crippen molar-refractivity contribution >= 4 is 0 Å². The molecule has 2 aliphatic rings. The van der Waals surface area contributed by atoms with Crippen molar-refractivity contribution in [2.75, 3.05) is 13.1 Å². The first-order chi connectivity index (χ1) is 8.13. The van der Waals surface area contributed by atoms with Gasteiger partial charge in [-0.15, -0.1) is 0 Å². The molecule has 2 heteroatoms. The molecule has 2 N–H and O–H groups in total. The fourth-order valence-corrected chi connectivity index (χ4v) is 3.57. The Balaban J connectivity index is 1.64. The van der Waals surface area contributed by atoms with E-state index >= 15 is 0 Å². The summed E-state index contributed by atoms with van der Waals surface area (Å²) >= 11 is 0. The first-order valence-electron chi connectivity index (χ1n) is 7.19. The van der Waals surface area contributed by atoms with Crippen LogP contribution in [-0.2, 0) is 0 Å². The molecule has 1 fully saturated rings. The van der Waals surface area contributed by atoms with Gasteiger partial charge in [0.15, 0.2) is 0 Å². The van der Waals surface area contributed by atoms with Crippen molar-refractivity contribution in [3.05, 3.63) is 11.6 Å². The van der Waals surface area contributed by atoms with E-state index in [1.165, 1.54) is 19.3 Å². The van der Waals surface area contributed by atoms with Crippen LogP contribution in [0.25, 0.3) is 0 Å². The molecule has 1 saturated carbocycles. The van der Waals surface area contributed by atoms with Gasteiger partial charge in [-0.2, -0.15) is 0 Å². The minimum absolute atomic E-state index is 0.0262. The summed E-state index contributed by atoms with van der Waals surface area (Å²) in [6.07, 6.45) is 8.21. The lowest BCUT2D eigenvalue weighted by Gasteiger charge is -2.26. The molecule has 0 aromatic carbocycles. The van der Waals surface area contributed by atoms with Crippen LogP contribution >= 0.6 is 0 Å². The van der Waals surface area contributed by atoms with Gasteiger partial charge in [-0.1, -0.05) is 18.6 Å². The van der Waals surface area contributed by atoms with Gasteiger partial charge >= 0.3 is 0 Å². The van der Waals surface area contributed by atoms with E-state index in [4.69, 9.17) is 0 Å². The summed E-state index contributed by atoms with van der Waals surface area (Å²) in [7, 11) is 0. The highest BCUT2D eigenvalue weighted by atomic mass is 16.3. The molecule has 98 valence electrons. The SMILES string of the molecule is CC1=CC(C)CC(CNCC2CCC(O)C2)C1. The molecule has 2 rings (SSSR count). The summed E-state index contributed by atoms with van der Waals surface area (Å²) in [4.78, 5) is 0. The number of rotatable bonds is 4. The highest BCUT2D eigenvalue weighted by Crippen LogP contribution is 2.28. The van der Waals surface area contributed by atoms with E-state index in [2.05, 4.69) is 25.2 Å². The zero-order chi connectivity index (χ0) is 12.3. The Labute approximate surface area is 105 Å². The van der Waals surface area contributed by atoms with Crippen molar-refractivity contribution in [2.45, 2.75) is 52.1 Å². The Morgan fingerprint density at radius 3 is 2.65 bits per heavy atom. The molecule has 4 unspecified atom stereocenters. The molecule has 0 aromatic heterocycles. The van der Waals surface area contributed by atoms with Crippen LogP contribution in [-0.4, -0.2) is 24.3 Å². The molecular weight excluding hydrogens is 210 g/mol. The molecular formula is C15H27NO. The van der Waals surface area contributed by atoms with E-state index in [1.54, 1.807) is 5.57 Å². The Hall–Kier alpha value is -0.340. The molecule has 2 nitrogen and oxygen atoms in total. The monoisotopic (exact) mass is 237 g/mol. The van der Waals surface area contributed by atoms with Crippen molar-refractivity contribution in [3.8, 4) is 0 Å². The number of hydrogen-bond acceptors (Lipinski definition) is 2. The minimum Gasteiger partial charge on any atom is -0.393 e. The van der Waals surface area contributed by atoms with Gasteiger partial charge in [0.05, 0.1) is 6.10 Å². The predicted molar refractivity (Wildman–Crippen MR) is 71.9 cm³/mol. The van der Waals surface area contributed by atoms with Crippen molar-refractivity contribution in [1.29, 1.82) is 0 Å². The zero-order valence-electron chi connectivity index (χ0n) is 11.3. The van der Waals surface area contributed by atoms with Crippen molar-refractivity contribution in [3.63, 3.8) is 0 Å². The minimum atomic E-state index is -0.0262. The molecule has 0 amide bonds. The first-order valence-corrected chi connectivity index (χ1v) is 7.19. The molecule has 17 heavy (non-hydrogen) atoms. The van der Waals surface area contributed by atoms with E-state index in [-0.39, 0.29) is 6.10 Å². The van der Waals surface area contributed by atoms with Gasteiger partial charge in [0, 0.05) is 0 Å². The molecule has 2 aliphatic carbocycles. The van der Waals surface area contributed by atoms with Gasteiger partial charge in [0.1, 0.15) is 0 Å². The van der Waals surface area contributed by atoms with Crippen LogP contribution in [0.4, 0.5) is 0 Å². The summed E-state index contributed by atoms with van der Waals surface area (Å²) in [5.41, 5.74) is 1.56. The maximum absolute atomic E-state index is 9.48. The molecule has 0 spiro atoms.